The molecule has 3 heteroatoms. The molecule has 1 N–H and O–H groups in total. The molecular weight excluding hydrogens is 234 g/mol. The second kappa shape index (κ2) is 3.92. The molecule has 2 aromatic heterocycles. The summed E-state index contributed by atoms with van der Waals surface area (Å²) in [6.45, 7) is 0. The molecule has 0 aliphatic rings. The fraction of sp³-hybridized carbons (Fsp3) is 0. The highest BCUT2D eigenvalue weighted by atomic mass is 15.1. The molecule has 0 saturated carbocycles. The minimum atomic E-state index is 0.925. The Kier molecular flexibility index (Phi) is 2.12. The van der Waals surface area contributed by atoms with Crippen molar-refractivity contribution in [3.05, 3.63) is 60.8 Å². The summed E-state index contributed by atoms with van der Waals surface area (Å²) in [5.41, 5.74) is 4.29. The fourth-order valence-electron chi connectivity index (χ4n) is 2.41. The Morgan fingerprint density at radius 3 is 2.58 bits per heavy atom. The SMILES string of the molecule is c1ccc(-c2ccc3ccc4nncc4c3[nH]2)cc1. The largest absolute Gasteiger partial charge is 0.354 e. The number of nitrogens with zero attached hydrogens (tertiary/aromatic N) is 2. The molecule has 2 heterocycles. The van der Waals surface area contributed by atoms with Gasteiger partial charge < -0.3 is 4.98 Å². The molecule has 0 atom stereocenters. The van der Waals surface area contributed by atoms with Gasteiger partial charge in [-0.1, -0.05) is 42.5 Å². The van der Waals surface area contributed by atoms with Crippen LogP contribution in [-0.4, -0.2) is 15.2 Å². The van der Waals surface area contributed by atoms with Gasteiger partial charge in [0, 0.05) is 11.1 Å². The van der Waals surface area contributed by atoms with Gasteiger partial charge in [-0.3, -0.25) is 0 Å². The number of H-pyrrole nitrogens is 1. The quantitative estimate of drug-likeness (QED) is 0.554. The molecule has 0 fully saturated rings. The number of rotatable bonds is 1. The van der Waals surface area contributed by atoms with Crippen molar-refractivity contribution in [1.29, 1.82) is 0 Å². The number of hydrogen-bond donors (Lipinski definition) is 1. The number of aromatic amines is 1. The van der Waals surface area contributed by atoms with Crippen molar-refractivity contribution in [1.82, 2.24) is 15.2 Å². The maximum absolute atomic E-state index is 4.10. The molecule has 2 aromatic carbocycles. The van der Waals surface area contributed by atoms with Gasteiger partial charge in [0.15, 0.2) is 0 Å². The average molecular weight is 245 g/mol. The maximum Gasteiger partial charge on any atom is 0.0966 e. The fourth-order valence-corrected chi connectivity index (χ4v) is 2.41. The highest BCUT2D eigenvalue weighted by Gasteiger charge is 2.05. The number of pyridine rings is 1. The van der Waals surface area contributed by atoms with Gasteiger partial charge in [-0.05, 0) is 23.1 Å². The van der Waals surface area contributed by atoms with Crippen molar-refractivity contribution in [2.45, 2.75) is 0 Å². The molecule has 0 bridgehead atoms. The third kappa shape index (κ3) is 1.59. The molecule has 4 aromatic rings. The third-order valence-electron chi connectivity index (χ3n) is 3.38. The first-order valence-corrected chi connectivity index (χ1v) is 6.20. The van der Waals surface area contributed by atoms with Crippen LogP contribution in [0.5, 0.6) is 0 Å². The van der Waals surface area contributed by atoms with Crippen LogP contribution in [0.3, 0.4) is 0 Å². The molecule has 0 saturated heterocycles. The second-order valence-corrected chi connectivity index (χ2v) is 4.55. The maximum atomic E-state index is 4.10. The standard InChI is InChI=1S/C16H11N3/c1-2-4-11(5-3-1)14-8-6-12-7-9-15-13(10-17-19-15)16(12)18-14/h1-10,18H. The second-order valence-electron chi connectivity index (χ2n) is 4.55. The van der Waals surface area contributed by atoms with E-state index in [1.165, 1.54) is 10.9 Å². The summed E-state index contributed by atoms with van der Waals surface area (Å²) in [6.07, 6.45) is 1.81. The van der Waals surface area contributed by atoms with E-state index in [0.717, 1.165) is 22.1 Å². The Labute approximate surface area is 109 Å². The van der Waals surface area contributed by atoms with E-state index in [9.17, 15) is 0 Å². The molecule has 90 valence electrons. The van der Waals surface area contributed by atoms with Crippen LogP contribution >= 0.6 is 0 Å². The molecule has 0 aliphatic heterocycles. The molecule has 19 heavy (non-hydrogen) atoms. The minimum Gasteiger partial charge on any atom is -0.354 e. The Morgan fingerprint density at radius 1 is 0.842 bits per heavy atom. The molecular formula is C16H11N3. The van der Waals surface area contributed by atoms with Crippen LogP contribution in [-0.2, 0) is 0 Å². The number of aromatic nitrogens is 3. The molecule has 0 radical (unpaired) electrons. The van der Waals surface area contributed by atoms with E-state index in [2.05, 4.69) is 45.5 Å². The normalized spacial score (nSPS) is 11.2. The average Bonchev–Trinajstić information content (AvgIpc) is 2.96. The molecule has 0 amide bonds. The van der Waals surface area contributed by atoms with Crippen molar-refractivity contribution in [2.75, 3.05) is 0 Å². The van der Waals surface area contributed by atoms with Crippen LogP contribution in [0, 0.1) is 0 Å². The molecule has 4 rings (SSSR count). The summed E-state index contributed by atoms with van der Waals surface area (Å²) in [7, 11) is 0. The van der Waals surface area contributed by atoms with E-state index in [-0.39, 0.29) is 0 Å². The monoisotopic (exact) mass is 245 g/mol. The van der Waals surface area contributed by atoms with Gasteiger partial charge in [-0.15, -0.1) is 0 Å². The summed E-state index contributed by atoms with van der Waals surface area (Å²) in [6, 6.07) is 18.6. The summed E-state index contributed by atoms with van der Waals surface area (Å²) in [4.78, 5) is 3.49. The first-order valence-electron chi connectivity index (χ1n) is 6.20. The first-order chi connectivity index (χ1) is 9.42. The molecule has 3 nitrogen and oxygen atoms in total. The summed E-state index contributed by atoms with van der Waals surface area (Å²) < 4.78 is 0. The summed E-state index contributed by atoms with van der Waals surface area (Å²) in [5, 5.41) is 10.3. The zero-order chi connectivity index (χ0) is 12.7. The zero-order valence-electron chi connectivity index (χ0n) is 10.2. The Balaban J connectivity index is 2.04. The van der Waals surface area contributed by atoms with Crippen LogP contribution in [0.15, 0.2) is 60.8 Å². The van der Waals surface area contributed by atoms with E-state index in [4.69, 9.17) is 0 Å². The molecule has 0 aliphatic carbocycles. The summed E-state index contributed by atoms with van der Waals surface area (Å²) >= 11 is 0. The number of fused-ring (bicyclic) bond motifs is 3. The van der Waals surface area contributed by atoms with Crippen molar-refractivity contribution in [2.24, 2.45) is 0 Å². The van der Waals surface area contributed by atoms with Crippen LogP contribution < -0.4 is 0 Å². The topological polar surface area (TPSA) is 41.6 Å². The smallest absolute Gasteiger partial charge is 0.0966 e. The lowest BCUT2D eigenvalue weighted by molar-refractivity contribution is 1.12. The van der Waals surface area contributed by atoms with E-state index < -0.39 is 0 Å². The minimum absolute atomic E-state index is 0.925. The van der Waals surface area contributed by atoms with Gasteiger partial charge >= 0.3 is 0 Å². The van der Waals surface area contributed by atoms with Gasteiger partial charge in [0.2, 0.25) is 0 Å². The number of nitrogens with one attached hydrogen (secondary N) is 1. The predicted molar refractivity (Wildman–Crippen MR) is 76.8 cm³/mol. The van der Waals surface area contributed by atoms with Gasteiger partial charge in [-0.25, -0.2) is 0 Å². The Morgan fingerprint density at radius 2 is 1.68 bits per heavy atom. The van der Waals surface area contributed by atoms with E-state index in [1.54, 1.807) is 0 Å². The summed E-state index contributed by atoms with van der Waals surface area (Å²) in [5.74, 6) is 0. The van der Waals surface area contributed by atoms with Crippen molar-refractivity contribution in [3.63, 3.8) is 0 Å². The zero-order valence-corrected chi connectivity index (χ0v) is 10.2. The number of hydrogen-bond acceptors (Lipinski definition) is 2. The van der Waals surface area contributed by atoms with E-state index in [0.29, 0.717) is 0 Å². The third-order valence-corrected chi connectivity index (χ3v) is 3.38. The molecule has 0 spiro atoms. The Hall–Kier alpha value is -2.68. The predicted octanol–water partition coefficient (Wildman–Crippen LogP) is 3.78. The molecule has 0 unspecified atom stereocenters. The van der Waals surface area contributed by atoms with Gasteiger partial charge in [0.1, 0.15) is 0 Å². The lowest BCUT2D eigenvalue weighted by Gasteiger charge is -2.05. The lowest BCUT2D eigenvalue weighted by atomic mass is 10.1. The Bertz CT molecular complexity index is 863. The highest BCUT2D eigenvalue weighted by molar-refractivity contribution is 6.04. The van der Waals surface area contributed by atoms with Crippen LogP contribution in [0.4, 0.5) is 0 Å². The first kappa shape index (κ1) is 10.3. The number of benzene rings is 2. The lowest BCUT2D eigenvalue weighted by Crippen LogP contribution is -1.85. The van der Waals surface area contributed by atoms with Crippen molar-refractivity contribution >= 4 is 21.8 Å². The van der Waals surface area contributed by atoms with Gasteiger partial charge in [0.05, 0.1) is 17.2 Å². The van der Waals surface area contributed by atoms with Crippen molar-refractivity contribution < 1.29 is 0 Å². The van der Waals surface area contributed by atoms with E-state index >= 15 is 0 Å². The van der Waals surface area contributed by atoms with Crippen LogP contribution in [0.1, 0.15) is 0 Å². The highest BCUT2D eigenvalue weighted by Crippen LogP contribution is 2.25. The van der Waals surface area contributed by atoms with Crippen molar-refractivity contribution in [3.8, 4) is 11.3 Å². The van der Waals surface area contributed by atoms with Crippen LogP contribution in [0.2, 0.25) is 0 Å². The van der Waals surface area contributed by atoms with E-state index in [1.807, 2.05) is 30.5 Å². The van der Waals surface area contributed by atoms with Gasteiger partial charge in [0.25, 0.3) is 0 Å². The van der Waals surface area contributed by atoms with Crippen LogP contribution in [0.25, 0.3) is 33.1 Å². The van der Waals surface area contributed by atoms with Gasteiger partial charge in [-0.2, -0.15) is 10.2 Å².